The summed E-state index contributed by atoms with van der Waals surface area (Å²) < 4.78 is 2.15. The Morgan fingerprint density at radius 2 is 2.40 bits per heavy atom. The van der Waals surface area contributed by atoms with Gasteiger partial charge in [0.25, 0.3) is 0 Å². The Morgan fingerprint density at radius 1 is 1.53 bits per heavy atom. The van der Waals surface area contributed by atoms with Crippen LogP contribution in [0.3, 0.4) is 0 Å². The van der Waals surface area contributed by atoms with E-state index < -0.39 is 0 Å². The Morgan fingerprint density at radius 3 is 3.07 bits per heavy atom. The molecule has 0 amide bonds. The molecule has 2 aromatic heterocycles. The number of anilines is 1. The highest BCUT2D eigenvalue weighted by Gasteiger charge is 2.05. The number of nitrogens with zero attached hydrogens (tertiary/aromatic N) is 3. The first-order valence-corrected chi connectivity index (χ1v) is 5.79. The Hall–Kier alpha value is -1.36. The van der Waals surface area contributed by atoms with Crippen molar-refractivity contribution >= 4 is 16.5 Å². The first-order valence-electron chi connectivity index (χ1n) is 4.91. The molecule has 4 nitrogen and oxygen atoms in total. The zero-order chi connectivity index (χ0) is 10.7. The van der Waals surface area contributed by atoms with Crippen LogP contribution in [0.15, 0.2) is 24.1 Å². The molecule has 1 N–H and O–H groups in total. The topological polar surface area (TPSA) is 42.7 Å². The maximum absolute atomic E-state index is 4.17. The second-order valence-corrected chi connectivity index (χ2v) is 4.47. The lowest BCUT2D eigenvalue weighted by atomic mass is 10.3. The molecule has 15 heavy (non-hydrogen) atoms. The third-order valence-corrected chi connectivity index (χ3v) is 2.89. The molecule has 80 valence electrons. The first kappa shape index (κ1) is 10.2. The van der Waals surface area contributed by atoms with Crippen LogP contribution in [0.4, 0.5) is 5.13 Å². The van der Waals surface area contributed by atoms with Gasteiger partial charge in [-0.25, -0.2) is 9.97 Å². The van der Waals surface area contributed by atoms with Gasteiger partial charge in [0, 0.05) is 23.8 Å². The Labute approximate surface area is 93.0 Å². The number of rotatable bonds is 4. The van der Waals surface area contributed by atoms with Gasteiger partial charge in [-0.15, -0.1) is 11.3 Å². The van der Waals surface area contributed by atoms with Gasteiger partial charge in [-0.05, 0) is 13.8 Å². The van der Waals surface area contributed by atoms with Crippen molar-refractivity contribution in [3.05, 3.63) is 29.8 Å². The molecule has 2 rings (SSSR count). The smallest absolute Gasteiger partial charge is 0.182 e. The van der Waals surface area contributed by atoms with Crippen molar-refractivity contribution in [2.45, 2.75) is 26.4 Å². The second kappa shape index (κ2) is 4.44. The summed E-state index contributed by atoms with van der Waals surface area (Å²) in [6.07, 6.45) is 5.55. The minimum Gasteiger partial charge on any atom is -0.356 e. The van der Waals surface area contributed by atoms with Crippen LogP contribution in [0.1, 0.15) is 25.6 Å². The first-order chi connectivity index (χ1) is 7.27. The minimum atomic E-state index is 0.445. The molecule has 0 aliphatic carbocycles. The third kappa shape index (κ3) is 2.36. The second-order valence-electron chi connectivity index (χ2n) is 3.58. The van der Waals surface area contributed by atoms with Gasteiger partial charge < -0.3 is 9.88 Å². The number of nitrogens with one attached hydrogen (secondary N) is 1. The van der Waals surface area contributed by atoms with E-state index in [0.29, 0.717) is 6.04 Å². The molecule has 5 heteroatoms. The van der Waals surface area contributed by atoms with Crippen LogP contribution in [0, 0.1) is 0 Å². The maximum atomic E-state index is 4.17. The van der Waals surface area contributed by atoms with E-state index in [4.69, 9.17) is 0 Å². The van der Waals surface area contributed by atoms with Crippen molar-refractivity contribution < 1.29 is 0 Å². The zero-order valence-corrected chi connectivity index (χ0v) is 9.66. The Balaban J connectivity index is 2.02. The molecule has 0 saturated carbocycles. The van der Waals surface area contributed by atoms with Crippen molar-refractivity contribution in [2.24, 2.45) is 0 Å². The lowest BCUT2D eigenvalue weighted by Crippen LogP contribution is -2.08. The summed E-state index contributed by atoms with van der Waals surface area (Å²) in [6.45, 7) is 5.06. The fourth-order valence-electron chi connectivity index (χ4n) is 1.41. The van der Waals surface area contributed by atoms with Gasteiger partial charge in [-0.1, -0.05) is 0 Å². The number of hydrogen-bond donors (Lipinski definition) is 1. The van der Waals surface area contributed by atoms with E-state index in [-0.39, 0.29) is 0 Å². The van der Waals surface area contributed by atoms with E-state index in [1.807, 2.05) is 17.9 Å². The van der Waals surface area contributed by atoms with Gasteiger partial charge in [0.2, 0.25) is 0 Å². The molecular formula is C10H14N4S. The van der Waals surface area contributed by atoms with Crippen molar-refractivity contribution in [2.75, 3.05) is 5.32 Å². The summed E-state index contributed by atoms with van der Waals surface area (Å²) in [5.74, 6) is 0. The van der Waals surface area contributed by atoms with Crippen molar-refractivity contribution in [3.8, 4) is 0 Å². The van der Waals surface area contributed by atoms with Gasteiger partial charge in [0.05, 0.1) is 18.6 Å². The molecule has 0 saturated heterocycles. The quantitative estimate of drug-likeness (QED) is 0.864. The molecule has 0 spiro atoms. The monoisotopic (exact) mass is 222 g/mol. The van der Waals surface area contributed by atoms with Crippen molar-refractivity contribution in [1.82, 2.24) is 14.5 Å². The van der Waals surface area contributed by atoms with E-state index in [1.165, 1.54) is 5.69 Å². The predicted molar refractivity (Wildman–Crippen MR) is 62.1 cm³/mol. The van der Waals surface area contributed by atoms with E-state index in [9.17, 15) is 0 Å². The van der Waals surface area contributed by atoms with Crippen molar-refractivity contribution in [1.29, 1.82) is 0 Å². The molecule has 0 aromatic carbocycles. The normalized spacial score (nSPS) is 10.9. The molecule has 2 heterocycles. The van der Waals surface area contributed by atoms with Gasteiger partial charge in [0.15, 0.2) is 5.13 Å². The minimum absolute atomic E-state index is 0.445. The molecule has 0 radical (unpaired) electrons. The van der Waals surface area contributed by atoms with Crippen LogP contribution in [0.2, 0.25) is 0 Å². The molecule has 0 atom stereocenters. The van der Waals surface area contributed by atoms with Crippen LogP contribution >= 0.6 is 11.3 Å². The standard InChI is InChI=1S/C10H14N4S/c1-8(2)14-7-11-5-9(14)6-13-10-12-3-4-15-10/h3-5,7-8H,6H2,1-2H3,(H,12,13). The largest absolute Gasteiger partial charge is 0.356 e. The van der Waals surface area contributed by atoms with Crippen LogP contribution < -0.4 is 5.32 Å². The fraction of sp³-hybridized carbons (Fsp3) is 0.400. The van der Waals surface area contributed by atoms with Gasteiger partial charge in [-0.2, -0.15) is 0 Å². The highest BCUT2D eigenvalue weighted by Crippen LogP contribution is 2.14. The summed E-state index contributed by atoms with van der Waals surface area (Å²) in [5.41, 5.74) is 1.18. The Bertz CT molecular complexity index is 405. The lowest BCUT2D eigenvalue weighted by Gasteiger charge is -2.11. The van der Waals surface area contributed by atoms with Crippen molar-refractivity contribution in [3.63, 3.8) is 0 Å². The van der Waals surface area contributed by atoms with Gasteiger partial charge >= 0.3 is 0 Å². The van der Waals surface area contributed by atoms with Crippen LogP contribution in [-0.4, -0.2) is 14.5 Å². The molecular weight excluding hydrogens is 208 g/mol. The number of imidazole rings is 1. The number of aromatic nitrogens is 3. The van der Waals surface area contributed by atoms with Gasteiger partial charge in [-0.3, -0.25) is 0 Å². The van der Waals surface area contributed by atoms with Gasteiger partial charge in [0.1, 0.15) is 0 Å². The van der Waals surface area contributed by atoms with E-state index in [2.05, 4.69) is 33.7 Å². The molecule has 0 unspecified atom stereocenters. The molecule has 2 aromatic rings. The maximum Gasteiger partial charge on any atom is 0.182 e. The van der Waals surface area contributed by atoms with E-state index in [1.54, 1.807) is 17.5 Å². The molecule has 0 aliphatic heterocycles. The summed E-state index contributed by atoms with van der Waals surface area (Å²) >= 11 is 1.61. The molecule has 0 aliphatic rings. The highest BCUT2D eigenvalue weighted by atomic mass is 32.1. The summed E-state index contributed by atoms with van der Waals surface area (Å²) in [5, 5.41) is 6.18. The third-order valence-electron chi connectivity index (χ3n) is 2.16. The molecule has 0 fully saturated rings. The van der Waals surface area contributed by atoms with Crippen LogP contribution in [0.5, 0.6) is 0 Å². The lowest BCUT2D eigenvalue weighted by molar-refractivity contribution is 0.577. The fourth-order valence-corrected chi connectivity index (χ4v) is 1.94. The SMILES string of the molecule is CC(C)n1cncc1CNc1nccs1. The number of thiazole rings is 1. The zero-order valence-electron chi connectivity index (χ0n) is 8.84. The summed E-state index contributed by atoms with van der Waals surface area (Å²) in [7, 11) is 0. The number of hydrogen-bond acceptors (Lipinski definition) is 4. The van der Waals surface area contributed by atoms with Crippen LogP contribution in [0.25, 0.3) is 0 Å². The predicted octanol–water partition coefficient (Wildman–Crippen LogP) is 2.53. The van der Waals surface area contributed by atoms with E-state index in [0.717, 1.165) is 11.7 Å². The average molecular weight is 222 g/mol. The average Bonchev–Trinajstić information content (AvgIpc) is 2.86. The summed E-state index contributed by atoms with van der Waals surface area (Å²) in [4.78, 5) is 8.32. The van der Waals surface area contributed by atoms with Crippen LogP contribution in [-0.2, 0) is 6.54 Å². The highest BCUT2D eigenvalue weighted by molar-refractivity contribution is 7.13. The van der Waals surface area contributed by atoms with E-state index >= 15 is 0 Å². The Kier molecular flexibility index (Phi) is 3.01. The summed E-state index contributed by atoms with van der Waals surface area (Å²) in [6, 6.07) is 0.445. The molecule has 0 bridgehead atoms.